The van der Waals surface area contributed by atoms with Crippen molar-refractivity contribution in [2.45, 2.75) is 13.1 Å². The second-order valence-electron chi connectivity index (χ2n) is 5.32. The van der Waals surface area contributed by atoms with E-state index in [2.05, 4.69) is 5.10 Å². The zero-order chi connectivity index (χ0) is 17.5. The van der Waals surface area contributed by atoms with Crippen LogP contribution in [-0.4, -0.2) is 22.9 Å². The summed E-state index contributed by atoms with van der Waals surface area (Å²) in [6.45, 7) is 1.87. The number of hydrogen-bond acceptors (Lipinski definition) is 3. The Kier molecular flexibility index (Phi) is 3.79. The van der Waals surface area contributed by atoms with Crippen molar-refractivity contribution >= 4 is 16.9 Å². The number of carbonyl (C=O) groups is 1. The molecule has 0 aliphatic heterocycles. The lowest BCUT2D eigenvalue weighted by Crippen LogP contribution is -2.06. The molecule has 3 aromatic rings. The topological polar surface area (TPSA) is 44.1 Å². The van der Waals surface area contributed by atoms with Crippen molar-refractivity contribution in [1.29, 1.82) is 0 Å². The van der Waals surface area contributed by atoms with Gasteiger partial charge in [-0.25, -0.2) is 9.48 Å². The van der Waals surface area contributed by atoms with E-state index in [4.69, 9.17) is 4.74 Å². The van der Waals surface area contributed by atoms with Gasteiger partial charge in [0.15, 0.2) is 5.69 Å². The third-order valence-electron chi connectivity index (χ3n) is 3.65. The Morgan fingerprint density at radius 3 is 2.38 bits per heavy atom. The third kappa shape index (κ3) is 2.73. The molecule has 0 radical (unpaired) electrons. The molecule has 0 saturated heterocycles. The van der Waals surface area contributed by atoms with Crippen LogP contribution in [0.5, 0.6) is 0 Å². The number of halogens is 3. The summed E-state index contributed by atoms with van der Waals surface area (Å²) in [5, 5.41) is 4.81. The normalized spacial score (nSPS) is 11.7. The third-order valence-corrected chi connectivity index (χ3v) is 3.65. The summed E-state index contributed by atoms with van der Waals surface area (Å²) in [5.41, 5.74) is 1.34. The molecule has 1 heterocycles. The average molecular weight is 334 g/mol. The number of aromatic nitrogens is 2. The minimum atomic E-state index is -4.40. The van der Waals surface area contributed by atoms with Crippen LogP contribution in [0.1, 0.15) is 21.6 Å². The number of hydrogen-bond donors (Lipinski definition) is 0. The number of alkyl halides is 3. The van der Waals surface area contributed by atoms with E-state index < -0.39 is 17.7 Å². The summed E-state index contributed by atoms with van der Waals surface area (Å²) < 4.78 is 44.2. The van der Waals surface area contributed by atoms with Crippen LogP contribution in [0.15, 0.2) is 42.5 Å². The molecule has 2 aromatic carbocycles. The highest BCUT2D eigenvalue weighted by molar-refractivity contribution is 6.02. The second kappa shape index (κ2) is 5.67. The lowest BCUT2D eigenvalue weighted by atomic mass is 10.1. The van der Waals surface area contributed by atoms with E-state index in [0.717, 1.165) is 17.7 Å². The first-order valence-corrected chi connectivity index (χ1v) is 7.06. The van der Waals surface area contributed by atoms with Crippen molar-refractivity contribution in [3.05, 3.63) is 59.3 Å². The van der Waals surface area contributed by atoms with Crippen LogP contribution in [0.4, 0.5) is 13.2 Å². The number of rotatable bonds is 2. The van der Waals surface area contributed by atoms with Crippen molar-refractivity contribution in [2.24, 2.45) is 0 Å². The molecule has 0 aliphatic carbocycles. The van der Waals surface area contributed by atoms with Crippen molar-refractivity contribution in [2.75, 3.05) is 7.11 Å². The van der Waals surface area contributed by atoms with Gasteiger partial charge in [-0.05, 0) is 43.3 Å². The van der Waals surface area contributed by atoms with E-state index in [1.54, 1.807) is 12.1 Å². The molecule has 1 aromatic heterocycles. The van der Waals surface area contributed by atoms with Gasteiger partial charge < -0.3 is 4.74 Å². The van der Waals surface area contributed by atoms with Gasteiger partial charge in [0, 0.05) is 5.39 Å². The molecular formula is C17H13F3N2O2. The van der Waals surface area contributed by atoms with E-state index in [1.807, 2.05) is 13.0 Å². The minimum Gasteiger partial charge on any atom is -0.464 e. The fourth-order valence-corrected chi connectivity index (χ4v) is 2.47. The van der Waals surface area contributed by atoms with Crippen molar-refractivity contribution in [1.82, 2.24) is 9.78 Å². The Balaban J connectivity index is 2.18. The Morgan fingerprint density at radius 2 is 1.79 bits per heavy atom. The van der Waals surface area contributed by atoms with Gasteiger partial charge in [-0.1, -0.05) is 11.6 Å². The zero-order valence-corrected chi connectivity index (χ0v) is 12.9. The largest absolute Gasteiger partial charge is 0.464 e. The zero-order valence-electron chi connectivity index (χ0n) is 12.9. The smallest absolute Gasteiger partial charge is 0.416 e. The molecule has 0 atom stereocenters. The number of esters is 1. The first kappa shape index (κ1) is 16.0. The summed E-state index contributed by atoms with van der Waals surface area (Å²) >= 11 is 0. The van der Waals surface area contributed by atoms with Crippen LogP contribution in [-0.2, 0) is 10.9 Å². The van der Waals surface area contributed by atoms with Gasteiger partial charge >= 0.3 is 12.1 Å². The number of methoxy groups -OCH3 is 1. The summed E-state index contributed by atoms with van der Waals surface area (Å²) in [7, 11) is 1.25. The molecule has 0 aliphatic rings. The number of nitrogens with zero attached hydrogens (tertiary/aromatic N) is 2. The Labute approximate surface area is 135 Å². The quantitative estimate of drug-likeness (QED) is 0.662. The maximum absolute atomic E-state index is 12.7. The molecule has 0 bridgehead atoms. The van der Waals surface area contributed by atoms with Crippen LogP contribution in [0, 0.1) is 6.92 Å². The summed E-state index contributed by atoms with van der Waals surface area (Å²) in [6.07, 6.45) is -4.40. The molecule has 0 spiro atoms. The van der Waals surface area contributed by atoms with E-state index in [1.165, 1.54) is 23.9 Å². The monoisotopic (exact) mass is 334 g/mol. The summed E-state index contributed by atoms with van der Waals surface area (Å²) in [6, 6.07) is 9.98. The first-order chi connectivity index (χ1) is 11.3. The molecule has 7 heteroatoms. The van der Waals surface area contributed by atoms with Crippen molar-refractivity contribution < 1.29 is 22.7 Å². The molecule has 0 fully saturated rings. The van der Waals surface area contributed by atoms with Crippen molar-refractivity contribution in [3.8, 4) is 5.69 Å². The van der Waals surface area contributed by atoms with Gasteiger partial charge in [0.2, 0.25) is 0 Å². The molecule has 0 unspecified atom stereocenters. The molecule has 0 N–H and O–H groups in total. The van der Waals surface area contributed by atoms with Crippen LogP contribution >= 0.6 is 0 Å². The lowest BCUT2D eigenvalue weighted by Gasteiger charge is -2.08. The highest BCUT2D eigenvalue weighted by atomic mass is 19.4. The van der Waals surface area contributed by atoms with E-state index in [9.17, 15) is 18.0 Å². The molecule has 0 saturated carbocycles. The molecular weight excluding hydrogens is 321 g/mol. The molecule has 0 amide bonds. The molecule has 3 rings (SSSR count). The fourth-order valence-electron chi connectivity index (χ4n) is 2.47. The number of carbonyl (C=O) groups excluding carboxylic acids is 1. The number of aryl methyl sites for hydroxylation is 1. The first-order valence-electron chi connectivity index (χ1n) is 7.06. The van der Waals surface area contributed by atoms with Gasteiger partial charge in [-0.2, -0.15) is 18.3 Å². The Bertz CT molecular complexity index is 912. The van der Waals surface area contributed by atoms with Gasteiger partial charge in [0.25, 0.3) is 0 Å². The fraction of sp³-hybridized carbons (Fsp3) is 0.176. The van der Waals surface area contributed by atoms with Crippen LogP contribution in [0.25, 0.3) is 16.6 Å². The maximum Gasteiger partial charge on any atom is 0.416 e. The highest BCUT2D eigenvalue weighted by Crippen LogP contribution is 2.30. The predicted octanol–water partition coefficient (Wildman–Crippen LogP) is 4.14. The minimum absolute atomic E-state index is 0.121. The van der Waals surface area contributed by atoms with Crippen LogP contribution < -0.4 is 0 Å². The standard InChI is InChI=1S/C17H13F3N2O2/c1-10-3-8-14-13(9-10)15(16(23)24-2)21-22(14)12-6-4-11(5-7-12)17(18,19)20/h3-9H,1-2H3. The van der Waals surface area contributed by atoms with Gasteiger partial charge in [-0.15, -0.1) is 0 Å². The second-order valence-corrected chi connectivity index (χ2v) is 5.32. The summed E-state index contributed by atoms with van der Waals surface area (Å²) in [4.78, 5) is 11.9. The number of fused-ring (bicyclic) bond motifs is 1. The lowest BCUT2D eigenvalue weighted by molar-refractivity contribution is -0.137. The number of ether oxygens (including phenoxy) is 1. The summed E-state index contributed by atoms with van der Waals surface area (Å²) in [5.74, 6) is -0.601. The maximum atomic E-state index is 12.7. The van der Waals surface area contributed by atoms with Gasteiger partial charge in [0.05, 0.1) is 23.9 Å². The van der Waals surface area contributed by atoms with Gasteiger partial charge in [0.1, 0.15) is 0 Å². The molecule has 124 valence electrons. The van der Waals surface area contributed by atoms with Crippen LogP contribution in [0.2, 0.25) is 0 Å². The molecule has 24 heavy (non-hydrogen) atoms. The predicted molar refractivity (Wildman–Crippen MR) is 82.1 cm³/mol. The Morgan fingerprint density at radius 1 is 1.12 bits per heavy atom. The molecule has 4 nitrogen and oxygen atoms in total. The average Bonchev–Trinajstić information content (AvgIpc) is 2.92. The van der Waals surface area contributed by atoms with E-state index >= 15 is 0 Å². The van der Waals surface area contributed by atoms with Gasteiger partial charge in [-0.3, -0.25) is 0 Å². The Hall–Kier alpha value is -2.83. The van der Waals surface area contributed by atoms with Crippen LogP contribution in [0.3, 0.4) is 0 Å². The van der Waals surface area contributed by atoms with E-state index in [0.29, 0.717) is 16.6 Å². The SMILES string of the molecule is COC(=O)c1nn(-c2ccc(C(F)(F)F)cc2)c2ccc(C)cc12. The highest BCUT2D eigenvalue weighted by Gasteiger charge is 2.30. The van der Waals surface area contributed by atoms with Crippen molar-refractivity contribution in [3.63, 3.8) is 0 Å². The van der Waals surface area contributed by atoms with E-state index in [-0.39, 0.29) is 5.69 Å². The number of benzene rings is 2.